The summed E-state index contributed by atoms with van der Waals surface area (Å²) < 4.78 is 49.3. The molecule has 6 atom stereocenters. The highest BCUT2D eigenvalue weighted by Gasteiger charge is 2.64. The Morgan fingerprint density at radius 1 is 0.375 bits per heavy atom. The lowest BCUT2D eigenvalue weighted by atomic mass is 9.63. The zero-order chi connectivity index (χ0) is 85.4. The highest BCUT2D eigenvalue weighted by Crippen LogP contribution is 2.57. The maximum Gasteiger partial charge on any atom is 0.347 e. The molecular formula is C94H152O18. The second-order valence-electron chi connectivity index (χ2n) is 36.3. The molecule has 636 valence electrons. The van der Waals surface area contributed by atoms with Crippen LogP contribution in [0.5, 0.6) is 0 Å². The van der Waals surface area contributed by atoms with Gasteiger partial charge in [-0.25, -0.2) is 38.4 Å². The van der Waals surface area contributed by atoms with Crippen molar-refractivity contribution in [3.63, 3.8) is 0 Å². The number of carbonyl (C=O) groups excluding carboxylic acids is 9. The molecule has 7 aliphatic carbocycles. The Hall–Kier alpha value is -6.59. The molecule has 0 amide bonds. The fourth-order valence-corrected chi connectivity index (χ4v) is 18.5. The minimum Gasteiger partial charge on any atom is -0.463 e. The second kappa shape index (κ2) is 42.9. The van der Waals surface area contributed by atoms with Crippen molar-refractivity contribution in [1.29, 1.82) is 0 Å². The lowest BCUT2D eigenvalue weighted by molar-refractivity contribution is -0.180. The van der Waals surface area contributed by atoms with Crippen molar-refractivity contribution in [2.24, 2.45) is 44.8 Å². The monoisotopic (exact) mass is 1570 g/mol. The van der Waals surface area contributed by atoms with E-state index in [1.807, 2.05) is 0 Å². The average molecular weight is 1570 g/mol. The van der Waals surface area contributed by atoms with E-state index >= 15 is 0 Å². The predicted molar refractivity (Wildman–Crippen MR) is 444 cm³/mol. The zero-order valence-electron chi connectivity index (χ0n) is 74.1. The number of cyclic esters (lactones) is 1. The molecule has 0 aromatic carbocycles. The van der Waals surface area contributed by atoms with Gasteiger partial charge in [0.25, 0.3) is 0 Å². The van der Waals surface area contributed by atoms with Crippen LogP contribution in [0, 0.1) is 44.8 Å². The third-order valence-corrected chi connectivity index (χ3v) is 27.8. The molecule has 2 heterocycles. The first-order valence-electron chi connectivity index (χ1n) is 42.6. The van der Waals surface area contributed by atoms with Crippen LogP contribution in [0.1, 0.15) is 358 Å². The predicted octanol–water partition coefficient (Wildman–Crippen LogP) is 22.3. The molecule has 112 heavy (non-hydrogen) atoms. The molecule has 2 bridgehead atoms. The Bertz CT molecular complexity index is 3250. The van der Waals surface area contributed by atoms with Gasteiger partial charge in [0.2, 0.25) is 6.10 Å². The maximum absolute atomic E-state index is 12.0. The smallest absolute Gasteiger partial charge is 0.347 e. The molecule has 9 aliphatic rings. The summed E-state index contributed by atoms with van der Waals surface area (Å²) in [4.78, 5) is 104. The van der Waals surface area contributed by atoms with Gasteiger partial charge >= 0.3 is 53.7 Å². The van der Waals surface area contributed by atoms with Crippen molar-refractivity contribution < 1.29 is 85.8 Å². The SMILES string of the molecule is C=C(C)C(=O)OC1(C(C)(C)C)CCCC1.C=C(C)C(=O)OC1(C(C)(C)CC)CCCC1.C=C(C)C(=O)OC1(C(C)(CC)CC)CCCC1.C=C(C)C(=O)OC1(C(C)(CC)CC)CCCCC1.C=C(C)C(=O)OC1(C(CC)(CC)CC)CCCC1.C=C(C)C(=O)OC1C2CC3C(=O)OC1C3C2.C=C(C)C(=O)OC1CCOC1=O. The van der Waals surface area contributed by atoms with Crippen molar-refractivity contribution in [2.45, 2.75) is 404 Å². The molecule has 6 unspecified atom stereocenters. The molecule has 18 nitrogen and oxygen atoms in total. The van der Waals surface area contributed by atoms with E-state index in [9.17, 15) is 43.2 Å². The Labute approximate surface area is 676 Å². The first-order valence-corrected chi connectivity index (χ1v) is 42.6. The normalized spacial score (nSPS) is 23.0. The van der Waals surface area contributed by atoms with E-state index in [1.54, 1.807) is 41.5 Å². The van der Waals surface area contributed by atoms with Crippen LogP contribution in [-0.2, 0) is 85.8 Å². The minimum atomic E-state index is -0.728. The number of fused-ring (bicyclic) bond motifs is 1. The Morgan fingerprint density at radius 2 is 0.679 bits per heavy atom. The molecule has 0 N–H and O–H groups in total. The molecular weight excluding hydrogens is 1420 g/mol. The molecule has 0 radical (unpaired) electrons. The molecule has 0 aromatic heterocycles. The molecule has 2 saturated heterocycles. The van der Waals surface area contributed by atoms with Crippen LogP contribution < -0.4 is 0 Å². The zero-order valence-corrected chi connectivity index (χ0v) is 74.1. The molecule has 2 aliphatic heterocycles. The van der Waals surface area contributed by atoms with E-state index in [2.05, 4.69) is 155 Å². The van der Waals surface area contributed by atoms with E-state index in [-0.39, 0.29) is 126 Å². The van der Waals surface area contributed by atoms with Crippen molar-refractivity contribution >= 4 is 53.7 Å². The van der Waals surface area contributed by atoms with Gasteiger partial charge in [0.1, 0.15) is 40.2 Å². The molecule has 0 spiro atoms. The van der Waals surface area contributed by atoms with Crippen molar-refractivity contribution in [3.05, 3.63) is 85.1 Å². The topological polar surface area (TPSA) is 237 Å². The van der Waals surface area contributed by atoms with Crippen molar-refractivity contribution in [1.82, 2.24) is 0 Å². The van der Waals surface area contributed by atoms with Crippen LogP contribution in [0.4, 0.5) is 0 Å². The highest BCUT2D eigenvalue weighted by molar-refractivity contribution is 5.91. The summed E-state index contributed by atoms with van der Waals surface area (Å²) in [6.45, 7) is 70.4. The van der Waals surface area contributed by atoms with Gasteiger partial charge < -0.3 is 42.6 Å². The first kappa shape index (κ1) is 99.6. The van der Waals surface area contributed by atoms with Crippen LogP contribution in [0.25, 0.3) is 0 Å². The van der Waals surface area contributed by atoms with Gasteiger partial charge in [-0.15, -0.1) is 0 Å². The van der Waals surface area contributed by atoms with Crippen molar-refractivity contribution in [3.8, 4) is 0 Å². The lowest BCUT2D eigenvalue weighted by Crippen LogP contribution is -2.51. The highest BCUT2D eigenvalue weighted by atomic mass is 16.6. The first-order chi connectivity index (χ1) is 52.1. The number of ether oxygens (including phenoxy) is 9. The average Bonchev–Trinajstić information content (AvgIpc) is 1.57. The quantitative estimate of drug-likeness (QED) is 0.0444. The summed E-state index contributed by atoms with van der Waals surface area (Å²) in [6, 6.07) is 0. The third kappa shape index (κ3) is 24.3. The Kier molecular flexibility index (Phi) is 38.1. The van der Waals surface area contributed by atoms with Gasteiger partial charge in [0, 0.05) is 84.3 Å². The second-order valence-corrected chi connectivity index (χ2v) is 36.3. The van der Waals surface area contributed by atoms with E-state index in [0.717, 1.165) is 154 Å². The molecule has 7 saturated carbocycles. The molecule has 9 fully saturated rings. The Balaban J connectivity index is 0.000000339. The van der Waals surface area contributed by atoms with Gasteiger partial charge in [-0.2, -0.15) is 0 Å². The number of rotatable bonds is 26. The van der Waals surface area contributed by atoms with Gasteiger partial charge in [-0.05, 0) is 241 Å². The van der Waals surface area contributed by atoms with E-state index < -0.39 is 18.0 Å². The maximum atomic E-state index is 12.0. The summed E-state index contributed by atoms with van der Waals surface area (Å²) in [6.07, 6.45) is 32.4. The van der Waals surface area contributed by atoms with Crippen LogP contribution in [0.2, 0.25) is 0 Å². The summed E-state index contributed by atoms with van der Waals surface area (Å²) >= 11 is 0. The number of hydrogen-bond acceptors (Lipinski definition) is 18. The van der Waals surface area contributed by atoms with E-state index in [4.69, 9.17) is 37.9 Å². The summed E-state index contributed by atoms with van der Waals surface area (Å²) in [5.41, 5.74) is 2.24. The molecule has 18 heteroatoms. The number of carbonyl (C=O) groups is 9. The van der Waals surface area contributed by atoms with Gasteiger partial charge in [0.15, 0.2) is 0 Å². The fourth-order valence-electron chi connectivity index (χ4n) is 18.5. The van der Waals surface area contributed by atoms with E-state index in [0.29, 0.717) is 52.4 Å². The molecule has 9 rings (SSSR count). The molecule has 0 aromatic rings. The Morgan fingerprint density at radius 3 is 0.991 bits per heavy atom. The van der Waals surface area contributed by atoms with Crippen LogP contribution in [0.15, 0.2) is 85.1 Å². The summed E-state index contributed by atoms with van der Waals surface area (Å²) in [7, 11) is 0. The third-order valence-electron chi connectivity index (χ3n) is 27.8. The summed E-state index contributed by atoms with van der Waals surface area (Å²) in [5, 5.41) is 0. The lowest BCUT2D eigenvalue weighted by Gasteiger charge is -2.49. The minimum absolute atomic E-state index is 0.00854. The standard InChI is InChI=1S/2C16H28O2.C15H26O2.C14H24O2.C13H22O2.C12H14O4.C8H10O4/c1-6-15(5,7-2)16(11-9-8-10-12-16)18-14(17)13(3)4;1-6-15(7-2,8-3)16(11-9-10-12-16)18-14(17)13(4)5;1-6-14(5,7-2)15(10-8-9-11-15)17-13(16)12(3)4;1-6-13(4,5)14(9-7-8-10-14)16-12(15)11(2)3;1-10(2)11(14)15-13(12(3,4)5)8-6-7-9-13;1-5(2)11(13)15-9-6-3-7-8(4-6)12(14)16-10(7)9;1-5(2)7(9)12-6-3-4-11-8(6)10/h3,6-12H2,1-2,4-5H3;4,6-12H2,1-3,5H3;3,6-11H2,1-2,4-5H3;2,6-10H2,1,3-5H3;1,6-9H2,2-5H3;6-10H,1,3-4H2,2H3;6H,1,3-4H2,2H3. The number of esters is 9. The van der Waals surface area contributed by atoms with Gasteiger partial charge in [-0.1, -0.05) is 156 Å². The van der Waals surface area contributed by atoms with Gasteiger partial charge in [0.05, 0.1) is 12.5 Å². The van der Waals surface area contributed by atoms with Crippen molar-refractivity contribution in [2.75, 3.05) is 6.61 Å². The summed E-state index contributed by atoms with van der Waals surface area (Å²) in [5.74, 6) is -1.98. The van der Waals surface area contributed by atoms with E-state index in [1.165, 1.54) is 51.9 Å². The van der Waals surface area contributed by atoms with Crippen LogP contribution in [0.3, 0.4) is 0 Å². The number of hydrogen-bond donors (Lipinski definition) is 0. The van der Waals surface area contributed by atoms with Gasteiger partial charge in [-0.3, -0.25) is 4.79 Å². The largest absolute Gasteiger partial charge is 0.463 e. The van der Waals surface area contributed by atoms with Crippen LogP contribution >= 0.6 is 0 Å². The van der Waals surface area contributed by atoms with Crippen LogP contribution in [-0.4, -0.2) is 107 Å². The fraction of sp³-hybridized carbons (Fsp3) is 0.755.